The van der Waals surface area contributed by atoms with Crippen LogP contribution in [0.3, 0.4) is 0 Å². The summed E-state index contributed by atoms with van der Waals surface area (Å²) in [5, 5.41) is 8.82. The van der Waals surface area contributed by atoms with Crippen LogP contribution < -0.4 is 0 Å². The predicted molar refractivity (Wildman–Crippen MR) is 76.2 cm³/mol. The molecule has 1 aromatic carbocycles. The number of carboxylic acids is 1. The summed E-state index contributed by atoms with van der Waals surface area (Å²) in [4.78, 5) is 24.6. The summed E-state index contributed by atoms with van der Waals surface area (Å²) in [5.41, 5.74) is -0.209. The van der Waals surface area contributed by atoms with Crippen molar-refractivity contribution in [1.29, 1.82) is 0 Å². The summed E-state index contributed by atoms with van der Waals surface area (Å²) in [6, 6.07) is 3.54. The highest BCUT2D eigenvalue weighted by molar-refractivity contribution is 5.79. The van der Waals surface area contributed by atoms with E-state index in [1.165, 1.54) is 6.07 Å². The fourth-order valence-electron chi connectivity index (χ4n) is 2.83. The molecule has 0 bridgehead atoms. The largest absolute Gasteiger partial charge is 0.481 e. The average Bonchev–Trinajstić information content (AvgIpc) is 2.68. The number of hydrogen-bond acceptors (Lipinski definition) is 2. The van der Waals surface area contributed by atoms with Gasteiger partial charge >= 0.3 is 5.97 Å². The maximum atomic E-state index is 13.6. The highest BCUT2D eigenvalue weighted by Crippen LogP contribution is 2.22. The Kier molecular flexibility index (Phi) is 5.46. The van der Waals surface area contributed by atoms with Crippen LogP contribution in [0.15, 0.2) is 18.2 Å². The Morgan fingerprint density at radius 3 is 2.50 bits per heavy atom. The van der Waals surface area contributed by atoms with Gasteiger partial charge in [-0.2, -0.15) is 0 Å². The van der Waals surface area contributed by atoms with Gasteiger partial charge in [-0.1, -0.05) is 6.07 Å². The molecule has 0 spiro atoms. The Morgan fingerprint density at radius 2 is 1.86 bits per heavy atom. The molecule has 1 heterocycles. The second kappa shape index (κ2) is 7.33. The molecular weight excluding hydrogens is 292 g/mol. The number of carbonyl (C=O) groups is 2. The molecule has 0 aliphatic carbocycles. The zero-order valence-electron chi connectivity index (χ0n) is 12.2. The van der Waals surface area contributed by atoms with Gasteiger partial charge in [0.2, 0.25) is 5.91 Å². The molecule has 1 saturated heterocycles. The van der Waals surface area contributed by atoms with Gasteiger partial charge in [0, 0.05) is 25.1 Å². The smallest absolute Gasteiger partial charge is 0.303 e. The Labute approximate surface area is 127 Å². The molecule has 1 aliphatic heterocycles. The van der Waals surface area contributed by atoms with Crippen molar-refractivity contribution < 1.29 is 23.5 Å². The number of aliphatic carboxylic acids is 1. The molecule has 0 saturated carbocycles. The van der Waals surface area contributed by atoms with Crippen LogP contribution in [0.4, 0.5) is 8.78 Å². The molecule has 1 atom stereocenters. The van der Waals surface area contributed by atoms with Gasteiger partial charge in [0.05, 0.1) is 6.42 Å². The summed E-state index contributed by atoms with van der Waals surface area (Å²) in [6.07, 6.45) is 1.87. The minimum atomic E-state index is -0.835. The molecular formula is C16H19F2NO3. The molecule has 0 aromatic heterocycles. The minimum absolute atomic E-state index is 0.0560. The first kappa shape index (κ1) is 16.4. The van der Waals surface area contributed by atoms with Gasteiger partial charge in [-0.15, -0.1) is 0 Å². The summed E-state index contributed by atoms with van der Waals surface area (Å²) < 4.78 is 27.2. The van der Waals surface area contributed by atoms with Gasteiger partial charge in [-0.05, 0) is 37.3 Å². The SMILES string of the molecule is O=C(O)C[C@@H]1CCCN(C(=O)Cc2c(F)cccc2F)CC1. The number of rotatable bonds is 4. The number of hydrogen-bond donors (Lipinski definition) is 1. The lowest BCUT2D eigenvalue weighted by Gasteiger charge is -2.21. The molecule has 0 unspecified atom stereocenters. The molecule has 1 amide bonds. The van der Waals surface area contributed by atoms with Crippen molar-refractivity contribution in [3.05, 3.63) is 35.4 Å². The van der Waals surface area contributed by atoms with Gasteiger partial charge in [0.15, 0.2) is 0 Å². The van der Waals surface area contributed by atoms with E-state index in [4.69, 9.17) is 5.11 Å². The first-order valence-electron chi connectivity index (χ1n) is 7.40. The fourth-order valence-corrected chi connectivity index (χ4v) is 2.83. The van der Waals surface area contributed by atoms with Crippen molar-refractivity contribution in [2.75, 3.05) is 13.1 Å². The van der Waals surface area contributed by atoms with Crippen LogP contribution in [-0.2, 0) is 16.0 Å². The monoisotopic (exact) mass is 311 g/mol. The Bertz CT molecular complexity index is 542. The normalized spacial score (nSPS) is 18.8. The molecule has 2 rings (SSSR count). The van der Waals surface area contributed by atoms with E-state index < -0.39 is 17.6 Å². The van der Waals surface area contributed by atoms with Crippen molar-refractivity contribution in [1.82, 2.24) is 4.90 Å². The van der Waals surface area contributed by atoms with Gasteiger partial charge in [0.1, 0.15) is 11.6 Å². The summed E-state index contributed by atoms with van der Waals surface area (Å²) in [7, 11) is 0. The van der Waals surface area contributed by atoms with Crippen molar-refractivity contribution >= 4 is 11.9 Å². The number of likely N-dealkylation sites (tertiary alicyclic amines) is 1. The van der Waals surface area contributed by atoms with E-state index in [9.17, 15) is 18.4 Å². The van der Waals surface area contributed by atoms with Crippen LogP contribution in [-0.4, -0.2) is 35.0 Å². The zero-order chi connectivity index (χ0) is 16.1. The van der Waals surface area contributed by atoms with E-state index in [1.807, 2.05) is 0 Å². The van der Waals surface area contributed by atoms with Crippen molar-refractivity contribution in [3.63, 3.8) is 0 Å². The van der Waals surface area contributed by atoms with E-state index in [1.54, 1.807) is 4.90 Å². The third-order valence-electron chi connectivity index (χ3n) is 4.05. The van der Waals surface area contributed by atoms with Crippen LogP contribution >= 0.6 is 0 Å². The number of amides is 1. The Morgan fingerprint density at radius 1 is 1.18 bits per heavy atom. The van der Waals surface area contributed by atoms with Crippen LogP contribution in [0.2, 0.25) is 0 Å². The highest BCUT2D eigenvalue weighted by Gasteiger charge is 2.23. The van der Waals surface area contributed by atoms with Crippen LogP contribution in [0.25, 0.3) is 0 Å². The fraction of sp³-hybridized carbons (Fsp3) is 0.500. The lowest BCUT2D eigenvalue weighted by molar-refractivity contribution is -0.138. The molecule has 1 fully saturated rings. The van der Waals surface area contributed by atoms with E-state index >= 15 is 0 Å². The number of carboxylic acid groups (broad SMARTS) is 1. The van der Waals surface area contributed by atoms with E-state index in [2.05, 4.69) is 0 Å². The van der Waals surface area contributed by atoms with Crippen molar-refractivity contribution in [2.45, 2.75) is 32.1 Å². The molecule has 120 valence electrons. The first-order chi connectivity index (χ1) is 10.5. The van der Waals surface area contributed by atoms with E-state index in [0.29, 0.717) is 25.9 Å². The van der Waals surface area contributed by atoms with Gasteiger partial charge in [-0.3, -0.25) is 9.59 Å². The van der Waals surface area contributed by atoms with Crippen LogP contribution in [0.5, 0.6) is 0 Å². The van der Waals surface area contributed by atoms with Crippen LogP contribution in [0, 0.1) is 17.6 Å². The van der Waals surface area contributed by atoms with E-state index in [-0.39, 0.29) is 30.2 Å². The highest BCUT2D eigenvalue weighted by atomic mass is 19.1. The molecule has 0 radical (unpaired) electrons. The van der Waals surface area contributed by atoms with Gasteiger partial charge in [0.25, 0.3) is 0 Å². The summed E-state index contributed by atoms with van der Waals surface area (Å²) in [5.74, 6) is -2.53. The molecule has 4 nitrogen and oxygen atoms in total. The standard InChI is InChI=1S/C16H19F2NO3/c17-13-4-1-5-14(18)12(13)10-15(20)19-7-2-3-11(6-8-19)9-16(21)22/h1,4-5,11H,2-3,6-10H2,(H,21,22)/t11-/m1/s1. The third kappa shape index (κ3) is 4.26. The zero-order valence-corrected chi connectivity index (χ0v) is 12.2. The van der Waals surface area contributed by atoms with Crippen LogP contribution in [0.1, 0.15) is 31.2 Å². The van der Waals surface area contributed by atoms with E-state index in [0.717, 1.165) is 18.6 Å². The molecule has 1 N–H and O–H groups in total. The lowest BCUT2D eigenvalue weighted by atomic mass is 9.97. The summed E-state index contributed by atoms with van der Waals surface area (Å²) in [6.45, 7) is 0.942. The topological polar surface area (TPSA) is 57.6 Å². The average molecular weight is 311 g/mol. The maximum Gasteiger partial charge on any atom is 0.303 e. The quantitative estimate of drug-likeness (QED) is 0.930. The molecule has 1 aliphatic rings. The predicted octanol–water partition coefficient (Wildman–Crippen LogP) is 2.61. The summed E-state index contributed by atoms with van der Waals surface area (Å²) >= 11 is 0. The lowest BCUT2D eigenvalue weighted by Crippen LogP contribution is -2.33. The Balaban J connectivity index is 1.97. The Hall–Kier alpha value is -1.98. The molecule has 6 heteroatoms. The maximum absolute atomic E-state index is 13.6. The second-order valence-electron chi connectivity index (χ2n) is 5.65. The van der Waals surface area contributed by atoms with Crippen molar-refractivity contribution in [3.8, 4) is 0 Å². The third-order valence-corrected chi connectivity index (χ3v) is 4.05. The molecule has 22 heavy (non-hydrogen) atoms. The number of halogens is 2. The number of benzene rings is 1. The molecule has 1 aromatic rings. The second-order valence-corrected chi connectivity index (χ2v) is 5.65. The minimum Gasteiger partial charge on any atom is -0.481 e. The van der Waals surface area contributed by atoms with Crippen molar-refractivity contribution in [2.24, 2.45) is 5.92 Å². The van der Waals surface area contributed by atoms with Gasteiger partial charge < -0.3 is 10.0 Å². The van der Waals surface area contributed by atoms with Gasteiger partial charge in [-0.25, -0.2) is 8.78 Å². The first-order valence-corrected chi connectivity index (χ1v) is 7.40. The number of nitrogens with zero attached hydrogens (tertiary/aromatic N) is 1. The number of carbonyl (C=O) groups excluding carboxylic acids is 1.